The number of nitrogens with one attached hydrogen (secondary N) is 1. The highest BCUT2D eigenvalue weighted by molar-refractivity contribution is 7.88. The number of sulfonamides is 1. The Bertz CT molecular complexity index is 497. The largest absolute Gasteiger partial charge is 0.351 e. The van der Waals surface area contributed by atoms with Crippen molar-refractivity contribution in [3.05, 3.63) is 0 Å². The van der Waals surface area contributed by atoms with Crippen LogP contribution >= 0.6 is 0 Å². The molecule has 2 aliphatic heterocycles. The molecule has 2 saturated heterocycles. The van der Waals surface area contributed by atoms with E-state index in [2.05, 4.69) is 5.32 Å². The van der Waals surface area contributed by atoms with E-state index in [1.807, 2.05) is 0 Å². The zero-order valence-corrected chi connectivity index (χ0v) is 12.6. The van der Waals surface area contributed by atoms with Crippen molar-refractivity contribution < 1.29 is 18.0 Å². The highest BCUT2D eigenvalue weighted by Crippen LogP contribution is 2.20. The summed E-state index contributed by atoms with van der Waals surface area (Å²) in [6.07, 6.45) is 2.61. The quantitative estimate of drug-likeness (QED) is 0.725. The molecular formula is C12H21N3O4S. The van der Waals surface area contributed by atoms with Gasteiger partial charge in [-0.25, -0.2) is 12.7 Å². The van der Waals surface area contributed by atoms with Crippen LogP contribution in [0.1, 0.15) is 19.3 Å². The average Bonchev–Trinajstić information content (AvgIpc) is 2.67. The fourth-order valence-corrected chi connectivity index (χ4v) is 3.60. The van der Waals surface area contributed by atoms with Crippen molar-refractivity contribution in [2.24, 2.45) is 5.92 Å². The minimum atomic E-state index is -3.16. The number of likely N-dealkylation sites (N-methyl/N-ethyl adjacent to an activating group) is 1. The van der Waals surface area contributed by atoms with Crippen LogP contribution in [0.15, 0.2) is 0 Å². The predicted molar refractivity (Wildman–Crippen MR) is 73.3 cm³/mol. The van der Waals surface area contributed by atoms with Gasteiger partial charge in [0.1, 0.15) is 0 Å². The van der Waals surface area contributed by atoms with Gasteiger partial charge in [-0.3, -0.25) is 9.59 Å². The highest BCUT2D eigenvalue weighted by Gasteiger charge is 2.32. The summed E-state index contributed by atoms with van der Waals surface area (Å²) in [7, 11) is -1.44. The fraction of sp³-hybridized carbons (Fsp3) is 0.833. The third-order valence-corrected chi connectivity index (χ3v) is 5.28. The van der Waals surface area contributed by atoms with Crippen molar-refractivity contribution in [3.8, 4) is 0 Å². The molecule has 0 saturated carbocycles. The first kappa shape index (κ1) is 15.2. The molecule has 0 bridgehead atoms. The van der Waals surface area contributed by atoms with Crippen molar-refractivity contribution in [2.75, 3.05) is 32.9 Å². The van der Waals surface area contributed by atoms with Crippen molar-refractivity contribution >= 4 is 21.8 Å². The lowest BCUT2D eigenvalue weighted by molar-refractivity contribution is -0.126. The van der Waals surface area contributed by atoms with Crippen molar-refractivity contribution in [2.45, 2.75) is 25.3 Å². The number of amides is 2. The molecule has 1 unspecified atom stereocenters. The summed E-state index contributed by atoms with van der Waals surface area (Å²) in [4.78, 5) is 25.1. The van der Waals surface area contributed by atoms with E-state index in [0.29, 0.717) is 38.9 Å². The van der Waals surface area contributed by atoms with E-state index in [1.54, 1.807) is 11.9 Å². The predicted octanol–water partition coefficient (Wildman–Crippen LogP) is -0.995. The topological polar surface area (TPSA) is 86.8 Å². The Morgan fingerprint density at radius 1 is 1.30 bits per heavy atom. The molecular weight excluding hydrogens is 282 g/mol. The summed E-state index contributed by atoms with van der Waals surface area (Å²) in [6, 6.07) is -0.118. The molecule has 0 aromatic carbocycles. The van der Waals surface area contributed by atoms with Gasteiger partial charge >= 0.3 is 0 Å². The van der Waals surface area contributed by atoms with Crippen LogP contribution < -0.4 is 5.32 Å². The number of hydrogen-bond donors (Lipinski definition) is 1. The minimum absolute atomic E-state index is 0.0437. The van der Waals surface area contributed by atoms with Gasteiger partial charge in [0.2, 0.25) is 21.8 Å². The van der Waals surface area contributed by atoms with Crippen molar-refractivity contribution in [1.29, 1.82) is 0 Å². The van der Waals surface area contributed by atoms with Gasteiger partial charge in [-0.1, -0.05) is 0 Å². The van der Waals surface area contributed by atoms with Crippen LogP contribution in [0.3, 0.4) is 0 Å². The average molecular weight is 303 g/mol. The summed E-state index contributed by atoms with van der Waals surface area (Å²) in [5, 5.41) is 2.89. The van der Waals surface area contributed by atoms with Crippen molar-refractivity contribution in [3.63, 3.8) is 0 Å². The van der Waals surface area contributed by atoms with Crippen LogP contribution in [0.4, 0.5) is 0 Å². The second-order valence-corrected chi connectivity index (χ2v) is 7.60. The van der Waals surface area contributed by atoms with E-state index in [9.17, 15) is 18.0 Å². The number of rotatable bonds is 3. The standard InChI is InChI=1S/C12H21N3O4S/c1-14-8-10(7-11(14)16)13-12(17)9-3-5-15(6-4-9)20(2,18)19/h9-10H,3-8H2,1-2H3,(H,13,17). The van der Waals surface area contributed by atoms with E-state index < -0.39 is 10.0 Å². The minimum Gasteiger partial charge on any atom is -0.351 e. The van der Waals surface area contributed by atoms with Crippen LogP contribution in [-0.4, -0.2) is 68.4 Å². The summed E-state index contributed by atoms with van der Waals surface area (Å²) in [6.45, 7) is 1.33. The molecule has 0 aliphatic carbocycles. The Morgan fingerprint density at radius 2 is 1.90 bits per heavy atom. The Labute approximate surface area is 119 Å². The van der Waals surface area contributed by atoms with Crippen LogP contribution in [0.25, 0.3) is 0 Å². The third kappa shape index (κ3) is 3.49. The fourth-order valence-electron chi connectivity index (χ4n) is 2.73. The summed E-state index contributed by atoms with van der Waals surface area (Å²) in [5.74, 6) is -0.178. The molecule has 8 heteroatoms. The van der Waals surface area contributed by atoms with E-state index in [0.717, 1.165) is 0 Å². The smallest absolute Gasteiger partial charge is 0.224 e. The second-order valence-electron chi connectivity index (χ2n) is 5.62. The second kappa shape index (κ2) is 5.69. The summed E-state index contributed by atoms with van der Waals surface area (Å²) >= 11 is 0. The molecule has 0 radical (unpaired) electrons. The lowest BCUT2D eigenvalue weighted by Crippen LogP contribution is -2.45. The molecule has 0 aromatic rings. The van der Waals surface area contributed by atoms with Crippen LogP contribution in [0, 0.1) is 5.92 Å². The van der Waals surface area contributed by atoms with Gasteiger partial charge in [0.05, 0.1) is 12.3 Å². The number of nitrogens with zero attached hydrogens (tertiary/aromatic N) is 2. The summed E-state index contributed by atoms with van der Waals surface area (Å²) < 4.78 is 24.2. The Kier molecular flexibility index (Phi) is 4.33. The first-order valence-corrected chi connectivity index (χ1v) is 8.61. The van der Waals surface area contributed by atoms with Crippen molar-refractivity contribution in [1.82, 2.24) is 14.5 Å². The Hall–Kier alpha value is -1.15. The lowest BCUT2D eigenvalue weighted by atomic mass is 9.97. The number of hydrogen-bond acceptors (Lipinski definition) is 4. The van der Waals surface area contributed by atoms with E-state index >= 15 is 0 Å². The zero-order chi connectivity index (χ0) is 14.9. The Morgan fingerprint density at radius 3 is 2.35 bits per heavy atom. The van der Waals surface area contributed by atoms with Gasteiger partial charge < -0.3 is 10.2 Å². The SMILES string of the molecule is CN1CC(NC(=O)C2CCN(S(C)(=O)=O)CC2)CC1=O. The van der Waals surface area contributed by atoms with E-state index in [1.165, 1.54) is 10.6 Å². The van der Waals surface area contributed by atoms with Crippen LogP contribution in [0.5, 0.6) is 0 Å². The van der Waals surface area contributed by atoms with Gasteiger partial charge in [-0.05, 0) is 12.8 Å². The number of likely N-dealkylation sites (tertiary alicyclic amines) is 1. The number of piperidine rings is 1. The normalized spacial score (nSPS) is 26.0. The maximum absolute atomic E-state index is 12.1. The molecule has 7 nitrogen and oxygen atoms in total. The van der Waals surface area contributed by atoms with Gasteiger partial charge in [0.25, 0.3) is 0 Å². The first-order valence-electron chi connectivity index (χ1n) is 6.77. The van der Waals surface area contributed by atoms with Gasteiger partial charge in [-0.2, -0.15) is 0 Å². The van der Waals surface area contributed by atoms with Gasteiger partial charge in [-0.15, -0.1) is 0 Å². The zero-order valence-electron chi connectivity index (χ0n) is 11.8. The molecule has 2 aliphatic rings. The van der Waals surface area contributed by atoms with E-state index in [-0.39, 0.29) is 23.8 Å². The molecule has 2 fully saturated rings. The molecule has 114 valence electrons. The lowest BCUT2D eigenvalue weighted by Gasteiger charge is -2.30. The molecule has 0 aromatic heterocycles. The van der Waals surface area contributed by atoms with Gasteiger partial charge in [0, 0.05) is 39.0 Å². The first-order chi connectivity index (χ1) is 9.27. The molecule has 2 rings (SSSR count). The van der Waals surface area contributed by atoms with Crippen LogP contribution in [0.2, 0.25) is 0 Å². The third-order valence-electron chi connectivity index (χ3n) is 3.98. The molecule has 2 amide bonds. The molecule has 1 atom stereocenters. The maximum atomic E-state index is 12.1. The summed E-state index contributed by atoms with van der Waals surface area (Å²) in [5.41, 5.74) is 0. The molecule has 20 heavy (non-hydrogen) atoms. The monoisotopic (exact) mass is 303 g/mol. The molecule has 0 spiro atoms. The van der Waals surface area contributed by atoms with Gasteiger partial charge in [0.15, 0.2) is 0 Å². The Balaban J connectivity index is 1.82. The molecule has 1 N–H and O–H groups in total. The number of carbonyl (C=O) groups excluding carboxylic acids is 2. The highest BCUT2D eigenvalue weighted by atomic mass is 32.2. The molecule has 2 heterocycles. The number of carbonyl (C=O) groups is 2. The van der Waals surface area contributed by atoms with E-state index in [4.69, 9.17) is 0 Å². The maximum Gasteiger partial charge on any atom is 0.224 e. The van der Waals surface area contributed by atoms with Crippen LogP contribution in [-0.2, 0) is 19.6 Å².